The van der Waals surface area contributed by atoms with Gasteiger partial charge < -0.3 is 16.0 Å². The molecule has 1 saturated heterocycles. The van der Waals surface area contributed by atoms with Gasteiger partial charge in [0, 0.05) is 31.7 Å². The van der Waals surface area contributed by atoms with Crippen LogP contribution in [0.3, 0.4) is 0 Å². The molecule has 120 valence electrons. The average molecular weight is 305 g/mol. The van der Waals surface area contributed by atoms with E-state index >= 15 is 0 Å². The van der Waals surface area contributed by atoms with Crippen molar-refractivity contribution in [2.75, 3.05) is 25.4 Å². The van der Waals surface area contributed by atoms with Crippen molar-refractivity contribution in [2.24, 2.45) is 0 Å². The number of nitrogens with two attached hydrogens (primary N) is 1. The zero-order chi connectivity index (χ0) is 16.1. The number of nitrogens with one attached hydrogen (secondary N) is 1. The minimum atomic E-state index is -0.291. The van der Waals surface area contributed by atoms with Crippen LogP contribution in [0.2, 0.25) is 0 Å². The van der Waals surface area contributed by atoms with Crippen LogP contribution < -0.4 is 11.1 Å². The van der Waals surface area contributed by atoms with Gasteiger partial charge in [-0.05, 0) is 24.8 Å². The second-order valence-corrected chi connectivity index (χ2v) is 5.78. The summed E-state index contributed by atoms with van der Waals surface area (Å²) in [6.45, 7) is 5.66. The molecule has 0 saturated carbocycles. The molecule has 2 heterocycles. The zero-order valence-corrected chi connectivity index (χ0v) is 13.1. The second kappa shape index (κ2) is 7.20. The topological polar surface area (TPSA) is 101 Å². The van der Waals surface area contributed by atoms with Crippen LogP contribution in [-0.2, 0) is 4.79 Å². The van der Waals surface area contributed by atoms with Crippen LogP contribution in [0.25, 0.3) is 0 Å². The highest BCUT2D eigenvalue weighted by Crippen LogP contribution is 2.13. The van der Waals surface area contributed by atoms with E-state index in [9.17, 15) is 9.59 Å². The predicted molar refractivity (Wildman–Crippen MR) is 83.3 cm³/mol. The van der Waals surface area contributed by atoms with E-state index in [0.29, 0.717) is 19.5 Å². The SMILES string of the molecule is CC(C)c1cc(C(=O)NCCN2CCCCC2=O)nc(N)n1. The summed E-state index contributed by atoms with van der Waals surface area (Å²) in [4.78, 5) is 33.7. The van der Waals surface area contributed by atoms with Crippen LogP contribution in [0.1, 0.15) is 55.2 Å². The van der Waals surface area contributed by atoms with Crippen LogP contribution in [0.5, 0.6) is 0 Å². The molecule has 1 fully saturated rings. The van der Waals surface area contributed by atoms with E-state index in [1.54, 1.807) is 11.0 Å². The maximum atomic E-state index is 12.1. The van der Waals surface area contributed by atoms with Crippen molar-refractivity contribution in [1.29, 1.82) is 0 Å². The zero-order valence-electron chi connectivity index (χ0n) is 13.1. The minimum Gasteiger partial charge on any atom is -0.368 e. The number of nitrogen functional groups attached to an aromatic ring is 1. The number of nitrogens with zero attached hydrogens (tertiary/aromatic N) is 3. The number of hydrogen-bond donors (Lipinski definition) is 2. The Bertz CT molecular complexity index is 559. The van der Waals surface area contributed by atoms with Gasteiger partial charge in [-0.15, -0.1) is 0 Å². The van der Waals surface area contributed by atoms with E-state index in [1.807, 2.05) is 13.8 Å². The first-order valence-electron chi connectivity index (χ1n) is 7.68. The van der Waals surface area contributed by atoms with Crippen molar-refractivity contribution in [3.8, 4) is 0 Å². The molecule has 0 atom stereocenters. The smallest absolute Gasteiger partial charge is 0.270 e. The first-order valence-corrected chi connectivity index (χ1v) is 7.68. The lowest BCUT2D eigenvalue weighted by molar-refractivity contribution is -0.133. The van der Waals surface area contributed by atoms with E-state index in [0.717, 1.165) is 25.1 Å². The number of aromatic nitrogens is 2. The first-order chi connectivity index (χ1) is 10.5. The molecule has 3 N–H and O–H groups in total. The largest absolute Gasteiger partial charge is 0.368 e. The molecule has 7 nitrogen and oxygen atoms in total. The molecule has 0 unspecified atom stereocenters. The van der Waals surface area contributed by atoms with Crippen LogP contribution in [0.4, 0.5) is 5.95 Å². The van der Waals surface area contributed by atoms with Gasteiger partial charge >= 0.3 is 0 Å². The Morgan fingerprint density at radius 1 is 1.41 bits per heavy atom. The Hall–Kier alpha value is -2.18. The lowest BCUT2D eigenvalue weighted by atomic mass is 10.1. The number of anilines is 1. The number of piperidine rings is 1. The molecule has 0 aromatic carbocycles. The Balaban J connectivity index is 1.90. The summed E-state index contributed by atoms with van der Waals surface area (Å²) < 4.78 is 0. The lowest BCUT2D eigenvalue weighted by Gasteiger charge is -2.26. The lowest BCUT2D eigenvalue weighted by Crippen LogP contribution is -2.41. The molecule has 1 aromatic heterocycles. The van der Waals surface area contributed by atoms with Crippen molar-refractivity contribution in [3.05, 3.63) is 17.5 Å². The molecule has 22 heavy (non-hydrogen) atoms. The standard InChI is InChI=1S/C15H23N5O2/c1-10(2)11-9-12(19-15(16)18-11)14(22)17-6-8-20-7-4-3-5-13(20)21/h9-10H,3-8H2,1-2H3,(H,17,22)(H2,16,18,19). The summed E-state index contributed by atoms with van der Waals surface area (Å²) in [7, 11) is 0. The third-order valence-corrected chi connectivity index (χ3v) is 3.68. The third-order valence-electron chi connectivity index (χ3n) is 3.68. The van der Waals surface area contributed by atoms with E-state index in [-0.39, 0.29) is 29.4 Å². The fraction of sp³-hybridized carbons (Fsp3) is 0.600. The summed E-state index contributed by atoms with van der Waals surface area (Å²) in [6.07, 6.45) is 2.59. The summed E-state index contributed by atoms with van der Waals surface area (Å²) >= 11 is 0. The van der Waals surface area contributed by atoms with Crippen molar-refractivity contribution >= 4 is 17.8 Å². The summed E-state index contributed by atoms with van der Waals surface area (Å²) in [5, 5.41) is 2.78. The third kappa shape index (κ3) is 4.16. The molecule has 0 bridgehead atoms. The number of likely N-dealkylation sites (tertiary alicyclic amines) is 1. The fourth-order valence-electron chi connectivity index (χ4n) is 2.39. The predicted octanol–water partition coefficient (Wildman–Crippen LogP) is 0.925. The van der Waals surface area contributed by atoms with Crippen molar-refractivity contribution in [1.82, 2.24) is 20.2 Å². The van der Waals surface area contributed by atoms with E-state index in [2.05, 4.69) is 15.3 Å². The highest BCUT2D eigenvalue weighted by molar-refractivity contribution is 5.92. The first kappa shape index (κ1) is 16.2. The fourth-order valence-corrected chi connectivity index (χ4v) is 2.39. The molecule has 0 radical (unpaired) electrons. The summed E-state index contributed by atoms with van der Waals surface area (Å²) in [5.74, 6) is 0.139. The number of amides is 2. The van der Waals surface area contributed by atoms with Crippen molar-refractivity contribution in [2.45, 2.75) is 39.0 Å². The van der Waals surface area contributed by atoms with Gasteiger partial charge in [0.25, 0.3) is 5.91 Å². The highest BCUT2D eigenvalue weighted by atomic mass is 16.2. The normalized spacial score (nSPS) is 15.2. The number of rotatable bonds is 5. The monoisotopic (exact) mass is 305 g/mol. The van der Waals surface area contributed by atoms with Gasteiger partial charge in [0.05, 0.1) is 0 Å². The van der Waals surface area contributed by atoms with Crippen molar-refractivity contribution < 1.29 is 9.59 Å². The second-order valence-electron chi connectivity index (χ2n) is 5.78. The van der Waals surface area contributed by atoms with E-state index < -0.39 is 0 Å². The molecule has 1 aliphatic heterocycles. The molecule has 2 rings (SSSR count). The van der Waals surface area contributed by atoms with Gasteiger partial charge in [-0.2, -0.15) is 0 Å². The van der Waals surface area contributed by atoms with Gasteiger partial charge in [0.15, 0.2) is 0 Å². The van der Waals surface area contributed by atoms with Crippen LogP contribution in [0, 0.1) is 0 Å². The number of carbonyl (C=O) groups is 2. The van der Waals surface area contributed by atoms with Crippen LogP contribution in [0.15, 0.2) is 6.07 Å². The van der Waals surface area contributed by atoms with Gasteiger partial charge in [0.2, 0.25) is 11.9 Å². The van der Waals surface area contributed by atoms with Crippen LogP contribution in [-0.4, -0.2) is 46.3 Å². The molecule has 0 aliphatic carbocycles. The Labute approximate surface area is 130 Å². The Morgan fingerprint density at radius 2 is 2.18 bits per heavy atom. The van der Waals surface area contributed by atoms with Crippen LogP contribution >= 0.6 is 0 Å². The van der Waals surface area contributed by atoms with Gasteiger partial charge in [0.1, 0.15) is 5.69 Å². The Kier molecular flexibility index (Phi) is 5.30. The minimum absolute atomic E-state index is 0.0996. The Morgan fingerprint density at radius 3 is 2.86 bits per heavy atom. The van der Waals surface area contributed by atoms with Gasteiger partial charge in [-0.3, -0.25) is 9.59 Å². The maximum absolute atomic E-state index is 12.1. The number of hydrogen-bond acceptors (Lipinski definition) is 5. The summed E-state index contributed by atoms with van der Waals surface area (Å²) in [5.41, 5.74) is 6.65. The van der Waals surface area contributed by atoms with Crippen molar-refractivity contribution in [3.63, 3.8) is 0 Å². The average Bonchev–Trinajstić information content (AvgIpc) is 2.48. The molecule has 7 heteroatoms. The molecular weight excluding hydrogens is 282 g/mol. The van der Waals surface area contributed by atoms with E-state index in [4.69, 9.17) is 5.73 Å². The van der Waals surface area contributed by atoms with Gasteiger partial charge in [-0.1, -0.05) is 13.8 Å². The molecular formula is C15H23N5O2. The summed E-state index contributed by atoms with van der Waals surface area (Å²) in [6, 6.07) is 1.66. The van der Waals surface area contributed by atoms with Gasteiger partial charge in [-0.25, -0.2) is 9.97 Å². The molecule has 1 aromatic rings. The molecule has 1 aliphatic rings. The maximum Gasteiger partial charge on any atom is 0.270 e. The molecule has 0 spiro atoms. The quantitative estimate of drug-likeness (QED) is 0.842. The highest BCUT2D eigenvalue weighted by Gasteiger charge is 2.18. The number of carbonyl (C=O) groups excluding carboxylic acids is 2. The molecule has 2 amide bonds. The van der Waals surface area contributed by atoms with E-state index in [1.165, 1.54) is 0 Å².